The number of aryl methyl sites for hydroxylation is 1. The zero-order valence-corrected chi connectivity index (χ0v) is 11.3. The van der Waals surface area contributed by atoms with Gasteiger partial charge in [-0.25, -0.2) is 14.8 Å². The van der Waals surface area contributed by atoms with Crippen molar-refractivity contribution in [1.82, 2.24) is 9.97 Å². The van der Waals surface area contributed by atoms with Crippen molar-refractivity contribution in [3.63, 3.8) is 0 Å². The summed E-state index contributed by atoms with van der Waals surface area (Å²) in [5.41, 5.74) is 2.17. The van der Waals surface area contributed by atoms with E-state index < -0.39 is 5.97 Å². The number of pyridine rings is 1. The Bertz CT molecular complexity index is 765. The molecule has 0 aliphatic carbocycles. The second kappa shape index (κ2) is 4.97. The van der Waals surface area contributed by atoms with Crippen molar-refractivity contribution in [2.75, 3.05) is 0 Å². The molecule has 6 heteroatoms. The number of nitrogens with zero attached hydrogens (tertiary/aromatic N) is 2. The van der Waals surface area contributed by atoms with Gasteiger partial charge in [0.2, 0.25) is 0 Å². The van der Waals surface area contributed by atoms with E-state index in [4.69, 9.17) is 9.52 Å². The highest BCUT2D eigenvalue weighted by Gasteiger charge is 2.12. The fraction of sp³-hybridized carbons (Fsp3) is 0.0714. The van der Waals surface area contributed by atoms with Gasteiger partial charge in [-0.05, 0) is 43.0 Å². The Balaban J connectivity index is 1.90. The summed E-state index contributed by atoms with van der Waals surface area (Å²) in [6, 6.07) is 10.7. The number of hydrogen-bond donors (Lipinski definition) is 1. The van der Waals surface area contributed by atoms with Crippen molar-refractivity contribution in [3.05, 3.63) is 47.7 Å². The summed E-state index contributed by atoms with van der Waals surface area (Å²) in [6.45, 7) is 1.67. The Morgan fingerprint density at radius 3 is 2.70 bits per heavy atom. The van der Waals surface area contributed by atoms with Crippen LogP contribution in [0.15, 0.2) is 51.1 Å². The number of carboxylic acids is 1. The molecular weight excluding hydrogens is 276 g/mol. The number of aromatic carboxylic acids is 1. The molecule has 0 fully saturated rings. The van der Waals surface area contributed by atoms with Crippen LogP contribution in [0.3, 0.4) is 0 Å². The van der Waals surface area contributed by atoms with E-state index in [0.717, 1.165) is 5.52 Å². The number of carboxylic acid groups (broad SMARTS) is 1. The van der Waals surface area contributed by atoms with E-state index in [1.165, 1.54) is 17.8 Å². The number of aromatic nitrogens is 2. The van der Waals surface area contributed by atoms with Crippen molar-refractivity contribution in [1.29, 1.82) is 0 Å². The lowest BCUT2D eigenvalue weighted by atomic mass is 10.2. The molecule has 1 aromatic carbocycles. The minimum Gasteiger partial charge on any atom is -0.478 e. The summed E-state index contributed by atoms with van der Waals surface area (Å²) >= 11 is 1.27. The highest BCUT2D eigenvalue weighted by atomic mass is 32.2. The van der Waals surface area contributed by atoms with Gasteiger partial charge >= 0.3 is 5.97 Å². The number of hydrogen-bond acceptors (Lipinski definition) is 5. The quantitative estimate of drug-likeness (QED) is 0.795. The molecule has 0 saturated carbocycles. The standard InChI is InChI=1S/C14H10N2O3S/c1-8-9(13(17)18)6-7-12(15-8)20-14-16-10-4-2-3-5-11(10)19-14/h2-7H,1H3,(H,17,18). The van der Waals surface area contributed by atoms with Crippen molar-refractivity contribution in [2.24, 2.45) is 0 Å². The average molecular weight is 286 g/mol. The van der Waals surface area contributed by atoms with Crippen LogP contribution in [-0.4, -0.2) is 21.0 Å². The molecule has 20 heavy (non-hydrogen) atoms. The lowest BCUT2D eigenvalue weighted by Gasteiger charge is -2.01. The van der Waals surface area contributed by atoms with Gasteiger partial charge in [-0.3, -0.25) is 0 Å². The van der Waals surface area contributed by atoms with Gasteiger partial charge in [-0.15, -0.1) is 0 Å². The molecule has 0 aliphatic rings. The van der Waals surface area contributed by atoms with Gasteiger partial charge in [0.1, 0.15) is 10.5 Å². The summed E-state index contributed by atoms with van der Waals surface area (Å²) in [6.07, 6.45) is 0. The minimum absolute atomic E-state index is 0.201. The zero-order chi connectivity index (χ0) is 14.1. The Kier molecular flexibility index (Phi) is 3.15. The van der Waals surface area contributed by atoms with E-state index in [1.54, 1.807) is 13.0 Å². The first-order valence-corrected chi connectivity index (χ1v) is 6.69. The summed E-state index contributed by atoms with van der Waals surface area (Å²) in [4.78, 5) is 19.5. The molecule has 0 aliphatic heterocycles. The molecule has 0 atom stereocenters. The first-order valence-electron chi connectivity index (χ1n) is 5.88. The van der Waals surface area contributed by atoms with E-state index in [0.29, 0.717) is 21.5 Å². The second-order valence-corrected chi connectivity index (χ2v) is 5.11. The maximum atomic E-state index is 10.9. The normalized spacial score (nSPS) is 10.8. The molecule has 2 heterocycles. The smallest absolute Gasteiger partial charge is 0.337 e. The van der Waals surface area contributed by atoms with Crippen LogP contribution in [0.2, 0.25) is 0 Å². The van der Waals surface area contributed by atoms with Gasteiger partial charge < -0.3 is 9.52 Å². The number of benzene rings is 1. The number of oxazole rings is 1. The molecule has 3 aromatic rings. The monoisotopic (exact) mass is 286 g/mol. The van der Waals surface area contributed by atoms with Crippen molar-refractivity contribution in [2.45, 2.75) is 17.2 Å². The third-order valence-electron chi connectivity index (χ3n) is 2.76. The summed E-state index contributed by atoms with van der Waals surface area (Å²) in [7, 11) is 0. The topological polar surface area (TPSA) is 76.2 Å². The highest BCUT2D eigenvalue weighted by molar-refractivity contribution is 7.99. The highest BCUT2D eigenvalue weighted by Crippen LogP contribution is 2.29. The molecule has 0 spiro atoms. The van der Waals surface area contributed by atoms with Gasteiger partial charge in [0.15, 0.2) is 5.58 Å². The van der Waals surface area contributed by atoms with Crippen molar-refractivity contribution < 1.29 is 14.3 Å². The van der Waals surface area contributed by atoms with Crippen LogP contribution in [-0.2, 0) is 0 Å². The predicted molar refractivity (Wildman–Crippen MR) is 74.1 cm³/mol. The molecular formula is C14H10N2O3S. The molecule has 100 valence electrons. The van der Waals surface area contributed by atoms with Gasteiger partial charge in [-0.2, -0.15) is 0 Å². The number of para-hydroxylation sites is 2. The molecule has 1 N–H and O–H groups in total. The molecule has 3 rings (SSSR count). The van der Waals surface area contributed by atoms with E-state index in [1.807, 2.05) is 24.3 Å². The molecule has 5 nitrogen and oxygen atoms in total. The molecule has 0 saturated heterocycles. The number of fused-ring (bicyclic) bond motifs is 1. The first kappa shape index (κ1) is 12.7. The van der Waals surface area contributed by atoms with E-state index in [-0.39, 0.29) is 5.56 Å². The van der Waals surface area contributed by atoms with Crippen molar-refractivity contribution >= 4 is 28.8 Å². The zero-order valence-electron chi connectivity index (χ0n) is 10.5. The van der Waals surface area contributed by atoms with Gasteiger partial charge in [-0.1, -0.05) is 12.1 Å². The van der Waals surface area contributed by atoms with Gasteiger partial charge in [0.25, 0.3) is 5.22 Å². The lowest BCUT2D eigenvalue weighted by molar-refractivity contribution is 0.0695. The van der Waals surface area contributed by atoms with Crippen LogP contribution in [0.5, 0.6) is 0 Å². The fourth-order valence-corrected chi connectivity index (χ4v) is 2.58. The molecule has 0 unspecified atom stereocenters. The van der Waals surface area contributed by atoms with E-state index >= 15 is 0 Å². The maximum absolute atomic E-state index is 10.9. The number of rotatable bonds is 3. The van der Waals surface area contributed by atoms with E-state index in [2.05, 4.69) is 9.97 Å². The van der Waals surface area contributed by atoms with Crippen molar-refractivity contribution in [3.8, 4) is 0 Å². The third kappa shape index (κ3) is 2.37. The van der Waals surface area contributed by atoms with Gasteiger partial charge in [0, 0.05) is 0 Å². The Hall–Kier alpha value is -2.34. The molecule has 2 aromatic heterocycles. The second-order valence-electron chi connectivity index (χ2n) is 4.14. The van der Waals surface area contributed by atoms with Crippen LogP contribution in [0.4, 0.5) is 0 Å². The van der Waals surface area contributed by atoms with Crippen LogP contribution < -0.4 is 0 Å². The number of carbonyl (C=O) groups is 1. The SMILES string of the molecule is Cc1nc(Sc2nc3ccccc3o2)ccc1C(=O)O. The summed E-state index contributed by atoms with van der Waals surface area (Å²) in [5.74, 6) is -0.978. The summed E-state index contributed by atoms with van der Waals surface area (Å²) in [5, 5.41) is 10.1. The molecule has 0 amide bonds. The third-order valence-corrected chi connectivity index (χ3v) is 3.54. The lowest BCUT2D eigenvalue weighted by Crippen LogP contribution is -2.01. The molecule has 0 radical (unpaired) electrons. The van der Waals surface area contributed by atoms with Crippen LogP contribution in [0.1, 0.15) is 16.1 Å². The largest absolute Gasteiger partial charge is 0.478 e. The average Bonchev–Trinajstić information content (AvgIpc) is 2.80. The Morgan fingerprint density at radius 1 is 1.20 bits per heavy atom. The fourth-order valence-electron chi connectivity index (χ4n) is 1.81. The van der Waals surface area contributed by atoms with Gasteiger partial charge in [0.05, 0.1) is 11.3 Å². The molecule has 0 bridgehead atoms. The summed E-state index contributed by atoms with van der Waals surface area (Å²) < 4.78 is 5.59. The van der Waals surface area contributed by atoms with Crippen LogP contribution >= 0.6 is 11.8 Å². The first-order chi connectivity index (χ1) is 9.63. The maximum Gasteiger partial charge on any atom is 0.337 e. The Labute approximate surface area is 118 Å². The predicted octanol–water partition coefficient (Wildman–Crippen LogP) is 3.38. The minimum atomic E-state index is -0.978. The van der Waals surface area contributed by atoms with E-state index in [9.17, 15) is 4.79 Å². The van der Waals surface area contributed by atoms with Crippen LogP contribution in [0.25, 0.3) is 11.1 Å². The Morgan fingerprint density at radius 2 is 2.00 bits per heavy atom. The van der Waals surface area contributed by atoms with Crippen LogP contribution in [0, 0.1) is 6.92 Å².